The SMILES string of the molecule is CCC(N)(O)C(C)=O. The zero-order chi connectivity index (χ0) is 6.78. The molecule has 0 aromatic heterocycles. The minimum Gasteiger partial charge on any atom is -0.369 e. The van der Waals surface area contributed by atoms with Crippen molar-refractivity contribution in [1.29, 1.82) is 0 Å². The highest BCUT2D eigenvalue weighted by atomic mass is 16.3. The van der Waals surface area contributed by atoms with E-state index >= 15 is 0 Å². The van der Waals surface area contributed by atoms with Gasteiger partial charge in [-0.1, -0.05) is 6.92 Å². The second-order valence-electron chi connectivity index (χ2n) is 1.83. The molecule has 0 aromatic carbocycles. The number of carbonyl (C=O) groups is 1. The average Bonchev–Trinajstić information content (AvgIpc) is 1.67. The Morgan fingerprint density at radius 2 is 2.25 bits per heavy atom. The molecular formula is C5H11NO2. The van der Waals surface area contributed by atoms with Crippen molar-refractivity contribution in [2.24, 2.45) is 5.73 Å². The van der Waals surface area contributed by atoms with E-state index < -0.39 is 5.72 Å². The van der Waals surface area contributed by atoms with Crippen LogP contribution in [0.3, 0.4) is 0 Å². The van der Waals surface area contributed by atoms with Gasteiger partial charge < -0.3 is 5.11 Å². The second kappa shape index (κ2) is 2.24. The van der Waals surface area contributed by atoms with Gasteiger partial charge in [0.1, 0.15) is 0 Å². The Morgan fingerprint density at radius 3 is 2.25 bits per heavy atom. The Bertz CT molecular complexity index is 98.6. The van der Waals surface area contributed by atoms with Gasteiger partial charge in [-0.2, -0.15) is 0 Å². The summed E-state index contributed by atoms with van der Waals surface area (Å²) in [5, 5.41) is 8.83. The van der Waals surface area contributed by atoms with Crippen molar-refractivity contribution < 1.29 is 9.90 Å². The van der Waals surface area contributed by atoms with Gasteiger partial charge in [0.25, 0.3) is 0 Å². The van der Waals surface area contributed by atoms with E-state index in [4.69, 9.17) is 10.8 Å². The summed E-state index contributed by atoms with van der Waals surface area (Å²) < 4.78 is 0. The highest BCUT2D eigenvalue weighted by Crippen LogP contribution is 2.00. The van der Waals surface area contributed by atoms with E-state index in [0.717, 1.165) is 0 Å². The van der Waals surface area contributed by atoms with Crippen LogP contribution in [0.25, 0.3) is 0 Å². The smallest absolute Gasteiger partial charge is 0.176 e. The molecular weight excluding hydrogens is 106 g/mol. The van der Waals surface area contributed by atoms with Gasteiger partial charge in [-0.15, -0.1) is 0 Å². The Kier molecular flexibility index (Phi) is 2.12. The first kappa shape index (κ1) is 7.59. The van der Waals surface area contributed by atoms with Gasteiger partial charge in [-0.3, -0.25) is 10.5 Å². The lowest BCUT2D eigenvalue weighted by atomic mass is 10.1. The van der Waals surface area contributed by atoms with Crippen LogP contribution in [0, 0.1) is 0 Å². The number of nitrogens with two attached hydrogens (primary N) is 1. The predicted molar refractivity (Wildman–Crippen MR) is 30.1 cm³/mol. The van der Waals surface area contributed by atoms with E-state index in [9.17, 15) is 4.79 Å². The van der Waals surface area contributed by atoms with E-state index in [1.165, 1.54) is 6.92 Å². The number of aliphatic hydroxyl groups is 1. The number of carbonyl (C=O) groups excluding carboxylic acids is 1. The molecule has 1 unspecified atom stereocenters. The van der Waals surface area contributed by atoms with Crippen molar-refractivity contribution in [2.75, 3.05) is 0 Å². The molecule has 0 spiro atoms. The lowest BCUT2D eigenvalue weighted by molar-refractivity contribution is -0.134. The van der Waals surface area contributed by atoms with Crippen LogP contribution in [0.15, 0.2) is 0 Å². The summed E-state index contributed by atoms with van der Waals surface area (Å²) in [5.74, 6) is -0.389. The van der Waals surface area contributed by atoms with Crippen LogP contribution in [0.4, 0.5) is 0 Å². The number of Topliss-reactive ketones (excluding diaryl/α,β-unsaturated/α-hetero) is 1. The van der Waals surface area contributed by atoms with Gasteiger partial charge in [0.05, 0.1) is 0 Å². The van der Waals surface area contributed by atoms with Crippen molar-refractivity contribution in [3.63, 3.8) is 0 Å². The van der Waals surface area contributed by atoms with E-state index in [0.29, 0.717) is 0 Å². The molecule has 0 amide bonds. The van der Waals surface area contributed by atoms with Crippen molar-refractivity contribution in [3.05, 3.63) is 0 Å². The Hall–Kier alpha value is -0.410. The molecule has 3 N–H and O–H groups in total. The summed E-state index contributed by atoms with van der Waals surface area (Å²) >= 11 is 0. The van der Waals surface area contributed by atoms with Gasteiger partial charge in [-0.25, -0.2) is 0 Å². The Balaban J connectivity index is 3.91. The number of ketones is 1. The summed E-state index contributed by atoms with van der Waals surface area (Å²) in [4.78, 5) is 10.3. The quantitative estimate of drug-likeness (QED) is 0.485. The topological polar surface area (TPSA) is 63.3 Å². The molecule has 0 aromatic rings. The van der Waals surface area contributed by atoms with Crippen LogP contribution >= 0.6 is 0 Å². The van der Waals surface area contributed by atoms with E-state index in [1.54, 1.807) is 6.92 Å². The molecule has 0 heterocycles. The van der Waals surface area contributed by atoms with Crippen molar-refractivity contribution in [2.45, 2.75) is 26.0 Å². The molecule has 8 heavy (non-hydrogen) atoms. The van der Waals surface area contributed by atoms with Crippen LogP contribution in [-0.4, -0.2) is 16.6 Å². The van der Waals surface area contributed by atoms with Crippen LogP contribution in [0.2, 0.25) is 0 Å². The van der Waals surface area contributed by atoms with Gasteiger partial charge in [-0.05, 0) is 13.3 Å². The highest BCUT2D eigenvalue weighted by Gasteiger charge is 2.23. The molecule has 48 valence electrons. The van der Waals surface area contributed by atoms with Crippen molar-refractivity contribution >= 4 is 5.78 Å². The zero-order valence-electron chi connectivity index (χ0n) is 5.14. The zero-order valence-corrected chi connectivity index (χ0v) is 5.14. The van der Waals surface area contributed by atoms with Gasteiger partial charge >= 0.3 is 0 Å². The molecule has 0 saturated heterocycles. The minimum atomic E-state index is -1.60. The Morgan fingerprint density at radius 1 is 1.88 bits per heavy atom. The second-order valence-corrected chi connectivity index (χ2v) is 1.83. The third-order valence-electron chi connectivity index (χ3n) is 1.15. The van der Waals surface area contributed by atoms with Gasteiger partial charge in [0.2, 0.25) is 0 Å². The number of hydrogen-bond acceptors (Lipinski definition) is 3. The normalized spacial score (nSPS) is 17.5. The lowest BCUT2D eigenvalue weighted by Crippen LogP contribution is -2.45. The first-order chi connectivity index (χ1) is 3.50. The molecule has 1 atom stereocenters. The van der Waals surface area contributed by atoms with Crippen molar-refractivity contribution in [3.8, 4) is 0 Å². The van der Waals surface area contributed by atoms with Crippen LogP contribution in [-0.2, 0) is 4.79 Å². The molecule has 0 rings (SSSR count). The molecule has 3 nitrogen and oxygen atoms in total. The lowest BCUT2D eigenvalue weighted by Gasteiger charge is -2.15. The van der Waals surface area contributed by atoms with E-state index in [-0.39, 0.29) is 12.2 Å². The minimum absolute atomic E-state index is 0.266. The standard InChI is InChI=1S/C5H11NO2/c1-3-5(6,8)4(2)7/h8H,3,6H2,1-2H3. The average molecular weight is 117 g/mol. The summed E-state index contributed by atoms with van der Waals surface area (Å²) in [7, 11) is 0. The molecule has 3 heteroatoms. The van der Waals surface area contributed by atoms with E-state index in [1.807, 2.05) is 0 Å². The number of hydrogen-bond donors (Lipinski definition) is 2. The molecule has 0 aliphatic heterocycles. The first-order valence-electron chi connectivity index (χ1n) is 2.53. The fourth-order valence-corrected chi connectivity index (χ4v) is 0.249. The molecule has 0 saturated carbocycles. The molecule has 0 aliphatic rings. The molecule has 0 bridgehead atoms. The summed E-state index contributed by atoms with van der Waals surface area (Å²) in [6.45, 7) is 2.92. The molecule has 0 radical (unpaired) electrons. The maximum Gasteiger partial charge on any atom is 0.176 e. The summed E-state index contributed by atoms with van der Waals surface area (Å²) in [5.41, 5.74) is 3.47. The van der Waals surface area contributed by atoms with Crippen LogP contribution < -0.4 is 5.73 Å². The molecule has 0 aliphatic carbocycles. The predicted octanol–water partition coefficient (Wildman–Crippen LogP) is -0.367. The Labute approximate surface area is 48.5 Å². The van der Waals surface area contributed by atoms with Gasteiger partial charge in [0.15, 0.2) is 11.5 Å². The fraction of sp³-hybridized carbons (Fsp3) is 0.800. The summed E-state index contributed by atoms with van der Waals surface area (Å²) in [6, 6.07) is 0. The monoisotopic (exact) mass is 117 g/mol. The molecule has 0 fully saturated rings. The van der Waals surface area contributed by atoms with Crippen LogP contribution in [0.5, 0.6) is 0 Å². The largest absolute Gasteiger partial charge is 0.369 e. The van der Waals surface area contributed by atoms with Crippen LogP contribution in [0.1, 0.15) is 20.3 Å². The third kappa shape index (κ3) is 1.60. The third-order valence-corrected chi connectivity index (χ3v) is 1.15. The highest BCUT2D eigenvalue weighted by molar-refractivity contribution is 5.83. The number of rotatable bonds is 2. The van der Waals surface area contributed by atoms with E-state index in [2.05, 4.69) is 0 Å². The maximum absolute atomic E-state index is 10.3. The fourth-order valence-electron chi connectivity index (χ4n) is 0.249. The van der Waals surface area contributed by atoms with Crippen molar-refractivity contribution in [1.82, 2.24) is 0 Å². The summed E-state index contributed by atoms with van der Waals surface area (Å²) in [6.07, 6.45) is 0.266. The maximum atomic E-state index is 10.3. The van der Waals surface area contributed by atoms with Gasteiger partial charge in [0, 0.05) is 0 Å². The first-order valence-corrected chi connectivity index (χ1v) is 2.53.